The Morgan fingerprint density at radius 2 is 2.14 bits per heavy atom. The number of nitrogens with one attached hydrogen (secondary N) is 1. The van der Waals surface area contributed by atoms with Crippen molar-refractivity contribution in [2.24, 2.45) is 7.05 Å². The Labute approximate surface area is 122 Å². The number of aromatic nitrogens is 3. The number of nitrogens with zero attached hydrogens (tertiary/aromatic N) is 4. The Morgan fingerprint density at radius 1 is 1.33 bits per heavy atom. The van der Waals surface area contributed by atoms with Crippen molar-refractivity contribution in [2.75, 3.05) is 5.32 Å². The van der Waals surface area contributed by atoms with Crippen molar-refractivity contribution in [3.63, 3.8) is 0 Å². The van der Waals surface area contributed by atoms with Crippen LogP contribution in [0.2, 0.25) is 0 Å². The fraction of sp³-hybridized carbons (Fsp3) is 0.188. The molecular weight excluding hydrogens is 262 g/mol. The molecule has 3 rings (SSSR count). The maximum absolute atomic E-state index is 9.34. The van der Waals surface area contributed by atoms with Gasteiger partial charge in [-0.3, -0.25) is 4.68 Å². The SMILES string of the molecule is CCc1nn(C)cc1Nc1nc2ccccc2cc1C#N. The van der Waals surface area contributed by atoms with Crippen LogP contribution in [0.25, 0.3) is 10.9 Å². The molecule has 3 aromatic rings. The van der Waals surface area contributed by atoms with Gasteiger partial charge in [0, 0.05) is 18.6 Å². The van der Waals surface area contributed by atoms with Crippen molar-refractivity contribution < 1.29 is 0 Å². The third kappa shape index (κ3) is 2.43. The topological polar surface area (TPSA) is 66.5 Å². The average Bonchev–Trinajstić information content (AvgIpc) is 2.86. The van der Waals surface area contributed by atoms with E-state index >= 15 is 0 Å². The fourth-order valence-electron chi connectivity index (χ4n) is 2.32. The van der Waals surface area contributed by atoms with Gasteiger partial charge in [0.15, 0.2) is 0 Å². The van der Waals surface area contributed by atoms with Gasteiger partial charge in [-0.1, -0.05) is 25.1 Å². The number of anilines is 2. The summed E-state index contributed by atoms with van der Waals surface area (Å²) in [5.74, 6) is 0.568. The number of rotatable bonds is 3. The molecule has 0 aliphatic carbocycles. The molecule has 0 aliphatic heterocycles. The van der Waals surface area contributed by atoms with Gasteiger partial charge in [-0.15, -0.1) is 0 Å². The van der Waals surface area contributed by atoms with Gasteiger partial charge in [-0.25, -0.2) is 4.98 Å². The zero-order chi connectivity index (χ0) is 14.8. The maximum atomic E-state index is 9.34. The molecule has 1 aromatic carbocycles. The van der Waals surface area contributed by atoms with Gasteiger partial charge in [0.25, 0.3) is 0 Å². The summed E-state index contributed by atoms with van der Waals surface area (Å²) >= 11 is 0. The van der Waals surface area contributed by atoms with Crippen molar-refractivity contribution >= 4 is 22.4 Å². The van der Waals surface area contributed by atoms with Gasteiger partial charge in [0.1, 0.15) is 11.9 Å². The molecule has 5 heteroatoms. The van der Waals surface area contributed by atoms with E-state index in [1.54, 1.807) is 4.68 Å². The zero-order valence-corrected chi connectivity index (χ0v) is 12.0. The summed E-state index contributed by atoms with van der Waals surface area (Å²) in [5.41, 5.74) is 3.23. The lowest BCUT2D eigenvalue weighted by molar-refractivity contribution is 0.746. The lowest BCUT2D eigenvalue weighted by Crippen LogP contribution is -1.99. The standard InChI is InChI=1S/C16H15N5/c1-3-13-15(10-21(2)20-13)19-16-12(9-17)8-11-6-4-5-7-14(11)18-16/h4-8,10H,3H2,1-2H3,(H,18,19). The highest BCUT2D eigenvalue weighted by molar-refractivity contribution is 5.83. The first-order chi connectivity index (χ1) is 10.2. The largest absolute Gasteiger partial charge is 0.336 e. The first-order valence-corrected chi connectivity index (χ1v) is 6.80. The Morgan fingerprint density at radius 3 is 2.90 bits per heavy atom. The molecule has 2 aromatic heterocycles. The van der Waals surface area contributed by atoms with Crippen LogP contribution in [0.4, 0.5) is 11.5 Å². The van der Waals surface area contributed by atoms with Crippen molar-refractivity contribution in [3.8, 4) is 6.07 Å². The molecule has 0 saturated carbocycles. The number of nitriles is 1. The number of benzene rings is 1. The summed E-state index contributed by atoms with van der Waals surface area (Å²) in [5, 5.41) is 17.9. The Kier molecular flexibility index (Phi) is 3.28. The first-order valence-electron chi connectivity index (χ1n) is 6.80. The van der Waals surface area contributed by atoms with Crippen LogP contribution in [0.1, 0.15) is 18.2 Å². The Hall–Kier alpha value is -2.87. The van der Waals surface area contributed by atoms with Gasteiger partial charge in [-0.05, 0) is 18.6 Å². The highest BCUT2D eigenvalue weighted by Gasteiger charge is 2.11. The number of para-hydroxylation sites is 1. The minimum absolute atomic E-state index is 0.527. The molecule has 0 fully saturated rings. The minimum atomic E-state index is 0.527. The van der Waals surface area contributed by atoms with E-state index < -0.39 is 0 Å². The van der Waals surface area contributed by atoms with Gasteiger partial charge in [-0.2, -0.15) is 10.4 Å². The van der Waals surface area contributed by atoms with Gasteiger partial charge >= 0.3 is 0 Å². The van der Waals surface area contributed by atoms with E-state index in [-0.39, 0.29) is 0 Å². The highest BCUT2D eigenvalue weighted by Crippen LogP contribution is 2.24. The van der Waals surface area contributed by atoms with Crippen molar-refractivity contribution in [1.82, 2.24) is 14.8 Å². The molecule has 0 radical (unpaired) electrons. The van der Waals surface area contributed by atoms with E-state index in [2.05, 4.69) is 21.5 Å². The van der Waals surface area contributed by atoms with Crippen LogP contribution in [-0.2, 0) is 13.5 Å². The second-order valence-electron chi connectivity index (χ2n) is 4.83. The second-order valence-corrected chi connectivity index (χ2v) is 4.83. The highest BCUT2D eigenvalue weighted by atomic mass is 15.3. The summed E-state index contributed by atoms with van der Waals surface area (Å²) in [6.07, 6.45) is 2.72. The molecule has 2 heterocycles. The first kappa shape index (κ1) is 13.1. The third-order valence-electron chi connectivity index (χ3n) is 3.34. The van der Waals surface area contributed by atoms with Gasteiger partial charge in [0.2, 0.25) is 0 Å². The maximum Gasteiger partial charge on any atom is 0.149 e. The Balaban J connectivity index is 2.09. The van der Waals surface area contributed by atoms with Crippen LogP contribution in [0.5, 0.6) is 0 Å². The molecule has 0 atom stereocenters. The molecule has 0 spiro atoms. The van der Waals surface area contributed by atoms with E-state index in [1.165, 1.54) is 0 Å². The predicted molar refractivity (Wildman–Crippen MR) is 82.3 cm³/mol. The second kappa shape index (κ2) is 5.25. The van der Waals surface area contributed by atoms with Crippen LogP contribution in [-0.4, -0.2) is 14.8 Å². The van der Waals surface area contributed by atoms with Crippen LogP contribution in [0, 0.1) is 11.3 Å². The fourth-order valence-corrected chi connectivity index (χ4v) is 2.32. The molecule has 0 amide bonds. The van der Waals surface area contributed by atoms with E-state index in [1.807, 2.05) is 50.5 Å². The van der Waals surface area contributed by atoms with Crippen LogP contribution in [0.15, 0.2) is 36.5 Å². The number of pyridine rings is 1. The van der Waals surface area contributed by atoms with E-state index in [9.17, 15) is 5.26 Å². The van der Waals surface area contributed by atoms with Crippen molar-refractivity contribution in [2.45, 2.75) is 13.3 Å². The molecule has 0 saturated heterocycles. The monoisotopic (exact) mass is 277 g/mol. The number of aryl methyl sites for hydroxylation is 2. The number of hydrogen-bond donors (Lipinski definition) is 1. The minimum Gasteiger partial charge on any atom is -0.336 e. The molecule has 1 N–H and O–H groups in total. The van der Waals surface area contributed by atoms with E-state index in [4.69, 9.17) is 0 Å². The summed E-state index contributed by atoms with van der Waals surface area (Å²) < 4.78 is 1.76. The normalized spacial score (nSPS) is 10.5. The lowest BCUT2D eigenvalue weighted by atomic mass is 10.1. The average molecular weight is 277 g/mol. The van der Waals surface area contributed by atoms with Gasteiger partial charge in [0.05, 0.1) is 22.5 Å². The summed E-state index contributed by atoms with van der Waals surface area (Å²) in [6, 6.07) is 11.8. The molecule has 21 heavy (non-hydrogen) atoms. The molecule has 0 bridgehead atoms. The quantitative estimate of drug-likeness (QED) is 0.798. The van der Waals surface area contributed by atoms with Gasteiger partial charge < -0.3 is 5.32 Å². The lowest BCUT2D eigenvalue weighted by Gasteiger charge is -2.08. The third-order valence-corrected chi connectivity index (χ3v) is 3.34. The summed E-state index contributed by atoms with van der Waals surface area (Å²) in [4.78, 5) is 4.56. The van der Waals surface area contributed by atoms with E-state index in [0.29, 0.717) is 11.4 Å². The zero-order valence-electron chi connectivity index (χ0n) is 12.0. The number of fused-ring (bicyclic) bond motifs is 1. The van der Waals surface area contributed by atoms with Crippen molar-refractivity contribution in [1.29, 1.82) is 5.26 Å². The molecule has 0 aliphatic rings. The Bertz CT molecular complexity index is 841. The summed E-state index contributed by atoms with van der Waals surface area (Å²) in [7, 11) is 1.88. The van der Waals surface area contributed by atoms with Crippen molar-refractivity contribution in [3.05, 3.63) is 47.8 Å². The predicted octanol–water partition coefficient (Wildman–Crippen LogP) is 3.15. The molecule has 104 valence electrons. The van der Waals surface area contributed by atoms with Crippen LogP contribution < -0.4 is 5.32 Å². The number of hydrogen-bond acceptors (Lipinski definition) is 4. The van der Waals surface area contributed by atoms with Crippen LogP contribution >= 0.6 is 0 Å². The molecular formula is C16H15N5. The molecule has 0 unspecified atom stereocenters. The molecule has 5 nitrogen and oxygen atoms in total. The summed E-state index contributed by atoms with van der Waals surface area (Å²) in [6.45, 7) is 2.05. The van der Waals surface area contributed by atoms with E-state index in [0.717, 1.165) is 28.7 Å². The smallest absolute Gasteiger partial charge is 0.149 e. The van der Waals surface area contributed by atoms with Crippen LogP contribution in [0.3, 0.4) is 0 Å².